The predicted molar refractivity (Wildman–Crippen MR) is 114 cm³/mol. The van der Waals surface area contributed by atoms with Gasteiger partial charge in [-0.25, -0.2) is 8.42 Å². The lowest BCUT2D eigenvalue weighted by molar-refractivity contribution is -0.145. The van der Waals surface area contributed by atoms with Crippen LogP contribution in [-0.4, -0.2) is 49.9 Å². The van der Waals surface area contributed by atoms with Crippen LogP contribution in [0.4, 0.5) is 18.9 Å². The molecule has 3 rings (SSSR count). The maximum Gasteiger partial charge on any atom is 0.416 e. The molecule has 178 valence electrons. The second-order valence-corrected chi connectivity index (χ2v) is 9.78. The molecule has 0 bridgehead atoms. The summed E-state index contributed by atoms with van der Waals surface area (Å²) in [6, 6.07) is 9.12. The van der Waals surface area contributed by atoms with Gasteiger partial charge in [-0.1, -0.05) is 29.8 Å². The average Bonchev–Trinajstić information content (AvgIpc) is 2.77. The lowest BCUT2D eigenvalue weighted by Gasteiger charge is -2.33. The van der Waals surface area contributed by atoms with Gasteiger partial charge in [-0.2, -0.15) is 13.2 Å². The molecule has 1 N–H and O–H groups in total. The van der Waals surface area contributed by atoms with Crippen LogP contribution in [-0.2, 0) is 25.8 Å². The number of sulfonamides is 1. The molecule has 1 heterocycles. The maximum atomic E-state index is 13.4. The molecule has 12 heteroatoms. The van der Waals surface area contributed by atoms with Gasteiger partial charge in [-0.05, 0) is 43.2 Å². The Morgan fingerprint density at radius 3 is 2.42 bits per heavy atom. The van der Waals surface area contributed by atoms with Crippen molar-refractivity contribution in [2.24, 2.45) is 5.92 Å². The minimum absolute atomic E-state index is 0.121. The minimum atomic E-state index is -4.77. The molecule has 7 nitrogen and oxygen atoms in total. The molecule has 2 aromatic rings. The largest absolute Gasteiger partial charge is 0.481 e. The molecule has 0 spiro atoms. The van der Waals surface area contributed by atoms with Gasteiger partial charge in [0.1, 0.15) is 6.54 Å². The SMILES string of the molecule is O=C(O)C1CCCN(C(=O)CN(c2cc(C(F)(F)F)ccc2Cl)S(=O)(=O)c2ccccc2)C1. The summed E-state index contributed by atoms with van der Waals surface area (Å²) in [4.78, 5) is 25.3. The summed E-state index contributed by atoms with van der Waals surface area (Å²) in [6.07, 6.45) is -4.00. The normalized spacial score (nSPS) is 17.0. The van der Waals surface area contributed by atoms with Crippen LogP contribution in [0.1, 0.15) is 18.4 Å². The summed E-state index contributed by atoms with van der Waals surface area (Å²) >= 11 is 6.09. The van der Waals surface area contributed by atoms with E-state index in [1.807, 2.05) is 0 Å². The van der Waals surface area contributed by atoms with E-state index in [1.165, 1.54) is 29.2 Å². The predicted octanol–water partition coefficient (Wildman–Crippen LogP) is 3.88. The third-order valence-electron chi connectivity index (χ3n) is 5.28. The van der Waals surface area contributed by atoms with Crippen molar-refractivity contribution in [2.75, 3.05) is 23.9 Å². The number of carbonyl (C=O) groups is 2. The number of piperidine rings is 1. The van der Waals surface area contributed by atoms with Gasteiger partial charge in [0.2, 0.25) is 5.91 Å². The second-order valence-electron chi connectivity index (χ2n) is 7.51. The van der Waals surface area contributed by atoms with Gasteiger partial charge in [0.25, 0.3) is 10.0 Å². The molecule has 0 radical (unpaired) electrons. The highest BCUT2D eigenvalue weighted by Gasteiger charge is 2.36. The van der Waals surface area contributed by atoms with Crippen molar-refractivity contribution in [1.29, 1.82) is 0 Å². The van der Waals surface area contributed by atoms with Crippen molar-refractivity contribution in [2.45, 2.75) is 23.9 Å². The Kier molecular flexibility index (Phi) is 7.23. The third kappa shape index (κ3) is 5.59. The number of benzene rings is 2. The Bertz CT molecular complexity index is 1140. The monoisotopic (exact) mass is 504 g/mol. The number of likely N-dealkylation sites (tertiary alicyclic amines) is 1. The fourth-order valence-corrected chi connectivity index (χ4v) is 5.24. The van der Waals surface area contributed by atoms with Gasteiger partial charge in [-0.15, -0.1) is 0 Å². The summed E-state index contributed by atoms with van der Waals surface area (Å²) in [5.74, 6) is -2.63. The Morgan fingerprint density at radius 2 is 1.82 bits per heavy atom. The van der Waals surface area contributed by atoms with E-state index in [9.17, 15) is 36.3 Å². The number of carbonyl (C=O) groups excluding carboxylic acids is 1. The van der Waals surface area contributed by atoms with Crippen LogP contribution >= 0.6 is 11.6 Å². The van der Waals surface area contributed by atoms with Crippen molar-refractivity contribution in [3.63, 3.8) is 0 Å². The first-order valence-electron chi connectivity index (χ1n) is 9.86. The Morgan fingerprint density at radius 1 is 1.15 bits per heavy atom. The minimum Gasteiger partial charge on any atom is -0.481 e. The molecule has 1 amide bonds. The number of rotatable bonds is 6. The first-order valence-corrected chi connectivity index (χ1v) is 11.7. The fraction of sp³-hybridized carbons (Fsp3) is 0.333. The molecule has 2 aromatic carbocycles. The molecule has 33 heavy (non-hydrogen) atoms. The Hall–Kier alpha value is -2.79. The molecule has 0 aliphatic carbocycles. The molecule has 1 atom stereocenters. The van der Waals surface area contributed by atoms with Crippen molar-refractivity contribution in [3.8, 4) is 0 Å². The molecule has 1 fully saturated rings. The van der Waals surface area contributed by atoms with Crippen LogP contribution in [0.2, 0.25) is 5.02 Å². The van der Waals surface area contributed by atoms with E-state index < -0.39 is 51.8 Å². The number of anilines is 1. The van der Waals surface area contributed by atoms with Gasteiger partial charge < -0.3 is 10.0 Å². The van der Waals surface area contributed by atoms with Crippen molar-refractivity contribution < 1.29 is 36.3 Å². The first kappa shape index (κ1) is 24.8. The van der Waals surface area contributed by atoms with Crippen molar-refractivity contribution >= 4 is 39.2 Å². The molecule has 0 saturated carbocycles. The molecular weight excluding hydrogens is 485 g/mol. The lowest BCUT2D eigenvalue weighted by atomic mass is 9.98. The zero-order valence-corrected chi connectivity index (χ0v) is 18.7. The van der Waals surface area contributed by atoms with Crippen LogP contribution < -0.4 is 4.31 Å². The molecule has 0 aromatic heterocycles. The number of nitrogens with zero attached hydrogens (tertiary/aromatic N) is 2. The van der Waals surface area contributed by atoms with E-state index in [-0.39, 0.29) is 23.0 Å². The topological polar surface area (TPSA) is 95.0 Å². The molecule has 1 aliphatic rings. The number of aliphatic carboxylic acids is 1. The summed E-state index contributed by atoms with van der Waals surface area (Å²) < 4.78 is 67.2. The number of carboxylic acid groups (broad SMARTS) is 1. The summed E-state index contributed by atoms with van der Waals surface area (Å²) in [5, 5.41) is 8.96. The number of hydrogen-bond acceptors (Lipinski definition) is 4. The highest BCUT2D eigenvalue weighted by molar-refractivity contribution is 7.92. The molecule has 1 aliphatic heterocycles. The first-order chi connectivity index (χ1) is 15.4. The second kappa shape index (κ2) is 9.60. The van der Waals surface area contributed by atoms with Crippen molar-refractivity contribution in [3.05, 3.63) is 59.1 Å². The number of hydrogen-bond donors (Lipinski definition) is 1. The quantitative estimate of drug-likeness (QED) is 0.644. The number of halogens is 4. The van der Waals surface area contributed by atoms with E-state index >= 15 is 0 Å². The van der Waals surface area contributed by atoms with E-state index in [4.69, 9.17) is 11.6 Å². The highest BCUT2D eigenvalue weighted by Crippen LogP contribution is 2.37. The number of amides is 1. The van der Waals surface area contributed by atoms with Gasteiger partial charge >= 0.3 is 12.1 Å². The van der Waals surface area contributed by atoms with Crippen LogP contribution in [0.15, 0.2) is 53.4 Å². The zero-order valence-electron chi connectivity index (χ0n) is 17.1. The van der Waals surface area contributed by atoms with Crippen LogP contribution in [0.5, 0.6) is 0 Å². The van der Waals surface area contributed by atoms with E-state index in [0.29, 0.717) is 29.3 Å². The smallest absolute Gasteiger partial charge is 0.416 e. The zero-order chi connectivity index (χ0) is 24.4. The molecular formula is C21H20ClF3N2O5S. The van der Waals surface area contributed by atoms with Gasteiger partial charge in [0, 0.05) is 13.1 Å². The summed E-state index contributed by atoms with van der Waals surface area (Å²) in [7, 11) is -4.48. The average molecular weight is 505 g/mol. The van der Waals surface area contributed by atoms with Gasteiger partial charge in [0.05, 0.1) is 27.1 Å². The molecule has 1 unspecified atom stereocenters. The lowest BCUT2D eigenvalue weighted by Crippen LogP contribution is -2.48. The molecule has 1 saturated heterocycles. The Balaban J connectivity index is 2.04. The standard InChI is InChI=1S/C21H20ClF3N2O5S/c22-17-9-8-15(21(23,24)25)11-18(17)27(33(31,32)16-6-2-1-3-7-16)13-19(28)26-10-4-5-14(12-26)20(29)30/h1-3,6-9,11,14H,4-5,10,12-13H2,(H,29,30). The van der Waals surface area contributed by atoms with Crippen molar-refractivity contribution in [1.82, 2.24) is 4.90 Å². The number of alkyl halides is 3. The van der Waals surface area contributed by atoms with Gasteiger partial charge in [0.15, 0.2) is 0 Å². The Labute approximate surface area is 193 Å². The van der Waals surface area contributed by atoms with Crippen LogP contribution in [0.3, 0.4) is 0 Å². The van der Waals surface area contributed by atoms with Crippen LogP contribution in [0, 0.1) is 5.92 Å². The summed E-state index contributed by atoms with van der Waals surface area (Å²) in [5.41, 5.74) is -1.64. The maximum absolute atomic E-state index is 13.4. The highest BCUT2D eigenvalue weighted by atomic mass is 35.5. The number of carboxylic acids is 1. The van der Waals surface area contributed by atoms with E-state index in [1.54, 1.807) is 6.07 Å². The van der Waals surface area contributed by atoms with E-state index in [2.05, 4.69) is 0 Å². The third-order valence-corrected chi connectivity index (χ3v) is 7.37. The van der Waals surface area contributed by atoms with Gasteiger partial charge in [-0.3, -0.25) is 13.9 Å². The summed E-state index contributed by atoms with van der Waals surface area (Å²) in [6.45, 7) is -0.757. The fourth-order valence-electron chi connectivity index (χ4n) is 3.53. The van der Waals surface area contributed by atoms with E-state index in [0.717, 1.165) is 6.07 Å². The van der Waals surface area contributed by atoms with Crippen LogP contribution in [0.25, 0.3) is 0 Å².